The van der Waals surface area contributed by atoms with Gasteiger partial charge in [-0.1, -0.05) is 0 Å². The number of nitro benzene ring substituents is 1. The molecule has 0 atom stereocenters. The van der Waals surface area contributed by atoms with Gasteiger partial charge in [0.05, 0.1) is 4.92 Å². The average Bonchev–Trinajstić information content (AvgIpc) is 2.53. The third-order valence-corrected chi connectivity index (χ3v) is 2.87. The van der Waals surface area contributed by atoms with E-state index in [1.165, 1.54) is 17.0 Å². The second-order valence-corrected chi connectivity index (χ2v) is 4.66. The van der Waals surface area contributed by atoms with Crippen molar-refractivity contribution in [1.29, 1.82) is 0 Å². The Bertz CT molecular complexity index is 546. The predicted octanol–water partition coefficient (Wildman–Crippen LogP) is 1.59. The third kappa shape index (κ3) is 1.85. The molecule has 94 valence electrons. The van der Waals surface area contributed by atoms with Crippen LogP contribution in [0.4, 0.5) is 5.69 Å². The Balaban J connectivity index is 2.39. The van der Waals surface area contributed by atoms with E-state index in [2.05, 4.69) is 4.99 Å². The van der Waals surface area contributed by atoms with Gasteiger partial charge in [-0.15, -0.1) is 0 Å². The predicted molar refractivity (Wildman–Crippen MR) is 66.5 cm³/mol. The van der Waals surface area contributed by atoms with Crippen molar-refractivity contribution in [1.82, 2.24) is 4.90 Å². The standard InChI is InChI=1S/C12H13N3O3/c1-12(2)11(16)14(3)10(13-12)8-4-6-9(7-5-8)15(17)18/h4-7H,1-3H3. The third-order valence-electron chi connectivity index (χ3n) is 2.87. The highest BCUT2D eigenvalue weighted by Gasteiger charge is 2.39. The van der Waals surface area contributed by atoms with E-state index in [0.717, 1.165) is 0 Å². The molecule has 6 nitrogen and oxygen atoms in total. The van der Waals surface area contributed by atoms with Gasteiger partial charge < -0.3 is 0 Å². The number of nitro groups is 1. The molecule has 0 saturated heterocycles. The lowest BCUT2D eigenvalue weighted by Crippen LogP contribution is -2.36. The van der Waals surface area contributed by atoms with E-state index in [1.54, 1.807) is 33.0 Å². The number of nitrogens with zero attached hydrogens (tertiary/aromatic N) is 3. The van der Waals surface area contributed by atoms with Crippen LogP contribution in [-0.4, -0.2) is 34.2 Å². The normalized spacial score (nSPS) is 17.8. The molecule has 2 rings (SSSR count). The first-order valence-corrected chi connectivity index (χ1v) is 5.46. The van der Waals surface area contributed by atoms with Crippen molar-refractivity contribution in [2.45, 2.75) is 19.4 Å². The first-order chi connectivity index (χ1) is 8.33. The molecule has 0 fully saturated rings. The molecule has 1 aromatic rings. The zero-order chi connectivity index (χ0) is 13.5. The first kappa shape index (κ1) is 12.2. The summed E-state index contributed by atoms with van der Waals surface area (Å²) in [6.45, 7) is 3.48. The summed E-state index contributed by atoms with van der Waals surface area (Å²) >= 11 is 0. The van der Waals surface area contributed by atoms with Crippen LogP contribution in [-0.2, 0) is 4.79 Å². The molecule has 0 bridgehead atoms. The smallest absolute Gasteiger partial charge is 0.269 e. The molecule has 0 N–H and O–H groups in total. The van der Waals surface area contributed by atoms with E-state index >= 15 is 0 Å². The molecule has 1 amide bonds. The summed E-state index contributed by atoms with van der Waals surface area (Å²) in [4.78, 5) is 27.8. The molecule has 18 heavy (non-hydrogen) atoms. The zero-order valence-electron chi connectivity index (χ0n) is 10.4. The van der Waals surface area contributed by atoms with E-state index < -0.39 is 10.5 Å². The zero-order valence-corrected chi connectivity index (χ0v) is 10.4. The van der Waals surface area contributed by atoms with Gasteiger partial charge in [-0.25, -0.2) is 0 Å². The van der Waals surface area contributed by atoms with Crippen LogP contribution in [0, 0.1) is 10.1 Å². The largest absolute Gasteiger partial charge is 0.298 e. The summed E-state index contributed by atoms with van der Waals surface area (Å²) in [5.41, 5.74) is -0.0566. The molecule has 1 aliphatic heterocycles. The van der Waals surface area contributed by atoms with Crippen molar-refractivity contribution in [3.63, 3.8) is 0 Å². The van der Waals surface area contributed by atoms with Gasteiger partial charge in [0.15, 0.2) is 0 Å². The fourth-order valence-corrected chi connectivity index (χ4v) is 1.88. The van der Waals surface area contributed by atoms with Gasteiger partial charge in [0.25, 0.3) is 11.6 Å². The molecule has 1 aromatic carbocycles. The summed E-state index contributed by atoms with van der Waals surface area (Å²) in [5, 5.41) is 10.6. The van der Waals surface area contributed by atoms with Crippen LogP contribution < -0.4 is 0 Å². The molecular weight excluding hydrogens is 234 g/mol. The molecule has 1 heterocycles. The van der Waals surface area contributed by atoms with Crippen molar-refractivity contribution in [3.05, 3.63) is 39.9 Å². The van der Waals surface area contributed by atoms with Crippen LogP contribution >= 0.6 is 0 Å². The van der Waals surface area contributed by atoms with Crippen molar-refractivity contribution in [2.75, 3.05) is 7.05 Å². The number of non-ortho nitro benzene ring substituents is 1. The molecule has 0 aliphatic carbocycles. The van der Waals surface area contributed by atoms with E-state index in [9.17, 15) is 14.9 Å². The number of aliphatic imine (C=N–C) groups is 1. The lowest BCUT2D eigenvalue weighted by molar-refractivity contribution is -0.384. The van der Waals surface area contributed by atoms with E-state index in [-0.39, 0.29) is 11.6 Å². The molecule has 0 spiro atoms. The number of benzene rings is 1. The Kier molecular flexibility index (Phi) is 2.65. The highest BCUT2D eigenvalue weighted by Crippen LogP contribution is 2.24. The second-order valence-electron chi connectivity index (χ2n) is 4.66. The van der Waals surface area contributed by atoms with Crippen LogP contribution in [0.15, 0.2) is 29.3 Å². The second kappa shape index (κ2) is 3.90. The highest BCUT2D eigenvalue weighted by molar-refractivity contribution is 6.14. The van der Waals surface area contributed by atoms with Crippen LogP contribution in [0.2, 0.25) is 0 Å². The van der Waals surface area contributed by atoms with Gasteiger partial charge in [-0.05, 0) is 26.0 Å². The monoisotopic (exact) mass is 247 g/mol. The molecule has 6 heteroatoms. The Morgan fingerprint density at radius 1 is 1.28 bits per heavy atom. The van der Waals surface area contributed by atoms with Crippen molar-refractivity contribution < 1.29 is 9.72 Å². The van der Waals surface area contributed by atoms with Crippen LogP contribution in [0.3, 0.4) is 0 Å². The van der Waals surface area contributed by atoms with Crippen LogP contribution in [0.5, 0.6) is 0 Å². The minimum absolute atomic E-state index is 0.0191. The maximum Gasteiger partial charge on any atom is 0.269 e. The van der Waals surface area contributed by atoms with Crippen LogP contribution in [0.25, 0.3) is 0 Å². The minimum Gasteiger partial charge on any atom is -0.298 e. The quantitative estimate of drug-likeness (QED) is 0.588. The lowest BCUT2D eigenvalue weighted by Gasteiger charge is -2.15. The topological polar surface area (TPSA) is 75.8 Å². The number of carbonyl (C=O) groups is 1. The molecule has 0 aromatic heterocycles. The number of amides is 1. The molecule has 1 aliphatic rings. The van der Waals surface area contributed by atoms with Gasteiger partial charge in [0, 0.05) is 24.7 Å². The molecule has 0 radical (unpaired) electrons. The van der Waals surface area contributed by atoms with E-state index in [0.29, 0.717) is 11.4 Å². The van der Waals surface area contributed by atoms with Crippen molar-refractivity contribution in [2.24, 2.45) is 4.99 Å². The minimum atomic E-state index is -0.772. The average molecular weight is 247 g/mol. The van der Waals surface area contributed by atoms with Crippen molar-refractivity contribution >= 4 is 17.4 Å². The van der Waals surface area contributed by atoms with E-state index in [1.807, 2.05) is 0 Å². The Morgan fingerprint density at radius 3 is 2.22 bits per heavy atom. The fraction of sp³-hybridized carbons (Fsp3) is 0.333. The van der Waals surface area contributed by atoms with Crippen molar-refractivity contribution in [3.8, 4) is 0 Å². The Labute approximate surface area is 104 Å². The van der Waals surface area contributed by atoms with Gasteiger partial charge in [0.2, 0.25) is 0 Å². The maximum atomic E-state index is 11.9. The number of carbonyl (C=O) groups excluding carboxylic acids is 1. The summed E-state index contributed by atoms with van der Waals surface area (Å²) in [7, 11) is 1.65. The molecular formula is C12H13N3O3. The number of amidine groups is 1. The maximum absolute atomic E-state index is 11.9. The first-order valence-electron chi connectivity index (χ1n) is 5.46. The van der Waals surface area contributed by atoms with Crippen LogP contribution in [0.1, 0.15) is 19.4 Å². The van der Waals surface area contributed by atoms with E-state index in [4.69, 9.17) is 0 Å². The van der Waals surface area contributed by atoms with Gasteiger partial charge >= 0.3 is 0 Å². The van der Waals surface area contributed by atoms with Gasteiger partial charge in [-0.3, -0.25) is 24.8 Å². The SMILES string of the molecule is CN1C(=O)C(C)(C)N=C1c1ccc([N+](=O)[O-])cc1. The molecule has 0 saturated carbocycles. The Morgan fingerprint density at radius 2 is 1.83 bits per heavy atom. The number of rotatable bonds is 2. The fourth-order valence-electron chi connectivity index (χ4n) is 1.88. The summed E-state index contributed by atoms with van der Waals surface area (Å²) in [6.07, 6.45) is 0. The summed E-state index contributed by atoms with van der Waals surface area (Å²) in [5.74, 6) is 0.454. The number of hydrogen-bond acceptors (Lipinski definition) is 4. The highest BCUT2D eigenvalue weighted by atomic mass is 16.6. The Hall–Kier alpha value is -2.24. The summed E-state index contributed by atoms with van der Waals surface area (Å²) in [6, 6.07) is 6.01. The molecule has 0 unspecified atom stereocenters. The van der Waals surface area contributed by atoms with Gasteiger partial charge in [0.1, 0.15) is 11.4 Å². The lowest BCUT2D eigenvalue weighted by atomic mass is 10.1. The number of hydrogen-bond donors (Lipinski definition) is 0. The van der Waals surface area contributed by atoms with Gasteiger partial charge in [-0.2, -0.15) is 0 Å². The summed E-state index contributed by atoms with van der Waals surface area (Å²) < 4.78 is 0. The number of likely N-dealkylation sites (N-methyl/N-ethyl adjacent to an activating group) is 1.